The number of carbonyl (C=O) groups excluding carboxylic acids is 1. The maximum absolute atomic E-state index is 11.5. The van der Waals surface area contributed by atoms with Crippen molar-refractivity contribution in [1.82, 2.24) is 0 Å². The van der Waals surface area contributed by atoms with Gasteiger partial charge in [-0.2, -0.15) is 25.3 Å². The number of thiol groups is 2. The lowest BCUT2D eigenvalue weighted by molar-refractivity contribution is -0.171. The van der Waals surface area contributed by atoms with Crippen molar-refractivity contribution in [2.75, 3.05) is 6.61 Å². The van der Waals surface area contributed by atoms with Crippen molar-refractivity contribution in [3.63, 3.8) is 0 Å². The van der Waals surface area contributed by atoms with Crippen molar-refractivity contribution in [2.45, 2.75) is 48.7 Å². The molecule has 0 heterocycles. The van der Waals surface area contributed by atoms with Gasteiger partial charge in [-0.25, -0.2) is 4.79 Å². The molecule has 3 unspecified atom stereocenters. The monoisotopic (exact) mass is 340 g/mol. The number of aliphatic hydroxyl groups is 1. The fraction of sp³-hybridized carbons (Fsp3) is 0.750. The van der Waals surface area contributed by atoms with Crippen molar-refractivity contribution in [2.24, 2.45) is 0 Å². The number of hydrogen-bond acceptors (Lipinski definition) is 7. The molecule has 0 aliphatic rings. The van der Waals surface area contributed by atoms with Crippen molar-refractivity contribution in [3.8, 4) is 0 Å². The zero-order valence-electron chi connectivity index (χ0n) is 11.6. The molecule has 0 amide bonds. The number of carbonyl (C=O) groups is 3. The summed E-state index contributed by atoms with van der Waals surface area (Å²) in [7, 11) is 0. The molecular weight excluding hydrogens is 320 g/mol. The summed E-state index contributed by atoms with van der Waals surface area (Å²) < 4.78 is 4.82. The Morgan fingerprint density at radius 3 is 2.14 bits per heavy atom. The third-order valence-corrected chi connectivity index (χ3v) is 4.08. The Kier molecular flexibility index (Phi) is 8.76. The molecule has 0 aliphatic carbocycles. The standard InChI is InChI=1S/C12H20O7S2/c1-2-3-7(20)8(21)6-19-10(15)5-12(18,11(16)17)4-9(13)14/h7-8,18,20-21H,2-6H2,1H3,(H,13,14)(H,16,17). The minimum atomic E-state index is -2.68. The van der Waals surface area contributed by atoms with Gasteiger partial charge in [0.2, 0.25) is 0 Å². The van der Waals surface area contributed by atoms with Gasteiger partial charge in [0.1, 0.15) is 6.61 Å². The van der Waals surface area contributed by atoms with Crippen LogP contribution in [0, 0.1) is 0 Å². The minimum Gasteiger partial charge on any atom is -0.481 e. The molecule has 0 saturated heterocycles. The SMILES string of the molecule is CCCC(S)C(S)COC(=O)CC(O)(CC(=O)O)C(=O)O. The molecule has 0 aromatic carbocycles. The maximum Gasteiger partial charge on any atom is 0.336 e. The first-order valence-corrected chi connectivity index (χ1v) is 7.35. The number of carboxylic acid groups (broad SMARTS) is 2. The molecule has 0 fully saturated rings. The Bertz CT molecular complexity index is 388. The van der Waals surface area contributed by atoms with Crippen molar-refractivity contribution >= 4 is 43.2 Å². The summed E-state index contributed by atoms with van der Waals surface area (Å²) in [6, 6.07) is 0. The highest BCUT2D eigenvalue weighted by atomic mass is 32.1. The summed E-state index contributed by atoms with van der Waals surface area (Å²) in [6.45, 7) is 1.87. The number of hydrogen-bond donors (Lipinski definition) is 5. The van der Waals surface area contributed by atoms with E-state index in [0.717, 1.165) is 12.8 Å². The number of rotatable bonds is 10. The first-order valence-electron chi connectivity index (χ1n) is 6.31. The molecule has 0 spiro atoms. The zero-order valence-corrected chi connectivity index (χ0v) is 13.3. The molecule has 7 nitrogen and oxygen atoms in total. The average Bonchev–Trinajstić information content (AvgIpc) is 2.34. The van der Waals surface area contributed by atoms with Gasteiger partial charge in [-0.15, -0.1) is 0 Å². The van der Waals surface area contributed by atoms with E-state index < -0.39 is 36.4 Å². The van der Waals surface area contributed by atoms with Gasteiger partial charge < -0.3 is 20.1 Å². The van der Waals surface area contributed by atoms with Crippen LogP contribution in [0.4, 0.5) is 0 Å². The summed E-state index contributed by atoms with van der Waals surface area (Å²) in [5.41, 5.74) is -2.68. The van der Waals surface area contributed by atoms with E-state index in [-0.39, 0.29) is 17.1 Å². The second-order valence-electron chi connectivity index (χ2n) is 4.69. The van der Waals surface area contributed by atoms with Crippen LogP contribution in [-0.2, 0) is 19.1 Å². The fourth-order valence-corrected chi connectivity index (χ4v) is 2.10. The fourth-order valence-electron chi connectivity index (χ4n) is 1.53. The van der Waals surface area contributed by atoms with Crippen molar-refractivity contribution in [3.05, 3.63) is 0 Å². The van der Waals surface area contributed by atoms with Crippen LogP contribution >= 0.6 is 25.3 Å². The molecule has 9 heteroatoms. The Labute approximate surface area is 133 Å². The lowest BCUT2D eigenvalue weighted by Gasteiger charge is -2.22. The van der Waals surface area contributed by atoms with Gasteiger partial charge in [0.25, 0.3) is 0 Å². The van der Waals surface area contributed by atoms with E-state index in [1.165, 1.54) is 0 Å². The summed E-state index contributed by atoms with van der Waals surface area (Å²) in [5.74, 6) is -4.32. The number of ether oxygens (including phenoxy) is 1. The summed E-state index contributed by atoms with van der Waals surface area (Å²) in [4.78, 5) is 32.9. The van der Waals surface area contributed by atoms with Crippen LogP contribution in [0.3, 0.4) is 0 Å². The molecule has 0 rings (SSSR count). The van der Waals surface area contributed by atoms with E-state index in [1.54, 1.807) is 0 Å². The van der Waals surface area contributed by atoms with Gasteiger partial charge in [0.05, 0.1) is 12.8 Å². The van der Waals surface area contributed by atoms with Crippen molar-refractivity contribution in [1.29, 1.82) is 0 Å². The van der Waals surface area contributed by atoms with Crippen LogP contribution in [-0.4, -0.2) is 55.9 Å². The Balaban J connectivity index is 4.46. The third kappa shape index (κ3) is 7.58. The van der Waals surface area contributed by atoms with Gasteiger partial charge in [-0.1, -0.05) is 13.3 Å². The van der Waals surface area contributed by atoms with Crippen molar-refractivity contribution < 1.29 is 34.4 Å². The molecule has 3 atom stereocenters. The van der Waals surface area contributed by atoms with E-state index in [0.29, 0.717) is 0 Å². The smallest absolute Gasteiger partial charge is 0.336 e. The largest absolute Gasteiger partial charge is 0.481 e. The lowest BCUT2D eigenvalue weighted by Crippen LogP contribution is -2.43. The zero-order chi connectivity index (χ0) is 16.6. The van der Waals surface area contributed by atoms with Gasteiger partial charge in [-0.3, -0.25) is 9.59 Å². The first kappa shape index (κ1) is 20.1. The van der Waals surface area contributed by atoms with Crippen LogP contribution in [0.2, 0.25) is 0 Å². The van der Waals surface area contributed by atoms with Crippen LogP contribution in [0.1, 0.15) is 32.6 Å². The molecule has 0 saturated carbocycles. The Morgan fingerprint density at radius 2 is 1.71 bits per heavy atom. The first-order chi connectivity index (χ1) is 9.62. The van der Waals surface area contributed by atoms with Crippen LogP contribution < -0.4 is 0 Å². The van der Waals surface area contributed by atoms with E-state index in [4.69, 9.17) is 14.9 Å². The van der Waals surface area contributed by atoms with Crippen LogP contribution in [0.5, 0.6) is 0 Å². The third-order valence-electron chi connectivity index (χ3n) is 2.72. The molecule has 0 aromatic rings. The van der Waals surface area contributed by atoms with E-state index in [2.05, 4.69) is 25.3 Å². The van der Waals surface area contributed by atoms with Gasteiger partial charge in [0.15, 0.2) is 5.60 Å². The number of esters is 1. The van der Waals surface area contributed by atoms with Gasteiger partial charge >= 0.3 is 17.9 Å². The molecular formula is C12H20O7S2. The topological polar surface area (TPSA) is 121 Å². The molecule has 0 aliphatic heterocycles. The highest BCUT2D eigenvalue weighted by Crippen LogP contribution is 2.19. The maximum atomic E-state index is 11.5. The van der Waals surface area contributed by atoms with E-state index in [9.17, 15) is 19.5 Å². The molecule has 21 heavy (non-hydrogen) atoms. The highest BCUT2D eigenvalue weighted by Gasteiger charge is 2.41. The second-order valence-corrected chi connectivity index (χ2v) is 6.02. The number of aliphatic carboxylic acids is 2. The second kappa shape index (κ2) is 9.16. The average molecular weight is 340 g/mol. The molecule has 0 radical (unpaired) electrons. The quantitative estimate of drug-likeness (QED) is 0.292. The lowest BCUT2D eigenvalue weighted by atomic mass is 9.96. The molecule has 0 bridgehead atoms. The minimum absolute atomic E-state index is 0.0940. The summed E-state index contributed by atoms with van der Waals surface area (Å²) in [5, 5.41) is 26.6. The van der Waals surface area contributed by atoms with Crippen LogP contribution in [0.25, 0.3) is 0 Å². The van der Waals surface area contributed by atoms with Gasteiger partial charge in [0, 0.05) is 10.5 Å². The molecule has 3 N–H and O–H groups in total. The Hall–Kier alpha value is -0.930. The predicted octanol–water partition coefficient (Wildman–Crippen LogP) is 0.607. The van der Waals surface area contributed by atoms with Gasteiger partial charge in [-0.05, 0) is 6.42 Å². The predicted molar refractivity (Wildman–Crippen MR) is 80.9 cm³/mol. The van der Waals surface area contributed by atoms with E-state index in [1.807, 2.05) is 6.92 Å². The Morgan fingerprint density at radius 1 is 1.14 bits per heavy atom. The molecule has 122 valence electrons. The summed E-state index contributed by atoms with van der Waals surface area (Å²) in [6.07, 6.45) is -0.379. The van der Waals surface area contributed by atoms with Crippen LogP contribution in [0.15, 0.2) is 0 Å². The normalized spacial score (nSPS) is 16.6. The highest BCUT2D eigenvalue weighted by molar-refractivity contribution is 7.85. The molecule has 0 aromatic heterocycles. The number of carboxylic acids is 2. The summed E-state index contributed by atoms with van der Waals surface area (Å²) >= 11 is 8.50. The van der Waals surface area contributed by atoms with E-state index >= 15 is 0 Å².